The normalized spacial score (nSPS) is 15.6. The zero-order chi connectivity index (χ0) is 24.5. The summed E-state index contributed by atoms with van der Waals surface area (Å²) in [6, 6.07) is 6.87. The SMILES string of the molecule is COc1cc(C(C)(C(C)c2cccnc2)P(=O)(O)O)cc(OC)c1O[Si](C)(C)C(C)(C)C. The van der Waals surface area contributed by atoms with Gasteiger partial charge in [0.05, 0.1) is 14.2 Å². The number of pyridine rings is 1. The molecule has 0 spiro atoms. The van der Waals surface area contributed by atoms with Crippen molar-refractivity contribution in [3.63, 3.8) is 0 Å². The van der Waals surface area contributed by atoms with Crippen molar-refractivity contribution in [2.75, 3.05) is 14.2 Å². The molecule has 0 radical (unpaired) electrons. The third kappa shape index (κ3) is 4.88. The van der Waals surface area contributed by atoms with Crippen molar-refractivity contribution in [3.8, 4) is 17.2 Å². The van der Waals surface area contributed by atoms with E-state index >= 15 is 0 Å². The van der Waals surface area contributed by atoms with E-state index in [9.17, 15) is 14.4 Å². The van der Waals surface area contributed by atoms with Crippen LogP contribution in [0.2, 0.25) is 18.1 Å². The van der Waals surface area contributed by atoms with Gasteiger partial charge in [0.25, 0.3) is 8.32 Å². The maximum absolute atomic E-state index is 12.9. The number of methoxy groups -OCH3 is 2. The van der Waals surface area contributed by atoms with Crippen molar-refractivity contribution in [1.29, 1.82) is 0 Å². The van der Waals surface area contributed by atoms with Gasteiger partial charge in [0, 0.05) is 18.3 Å². The number of nitrogens with zero attached hydrogens (tertiary/aromatic N) is 1. The summed E-state index contributed by atoms with van der Waals surface area (Å²) in [6.07, 6.45) is 3.26. The van der Waals surface area contributed by atoms with Crippen molar-refractivity contribution in [1.82, 2.24) is 4.98 Å². The van der Waals surface area contributed by atoms with Crippen LogP contribution in [0.5, 0.6) is 17.2 Å². The molecule has 0 fully saturated rings. The van der Waals surface area contributed by atoms with Gasteiger partial charge >= 0.3 is 7.60 Å². The zero-order valence-corrected chi connectivity index (χ0v) is 22.4. The standard InChI is InChI=1S/C23H36NO6PSi/c1-16(17-11-10-12-24-15-17)23(5,31(25,26)27)18-13-19(28-6)21(20(14-18)29-7)30-32(8,9)22(2,3)4/h10-16H,1-9H3,(H2,25,26,27). The molecule has 2 unspecified atom stereocenters. The molecule has 0 saturated heterocycles. The van der Waals surface area contributed by atoms with Crippen molar-refractivity contribution < 1.29 is 28.3 Å². The highest BCUT2D eigenvalue weighted by Gasteiger charge is 2.50. The Kier molecular flexibility index (Phi) is 7.57. The molecule has 2 N–H and O–H groups in total. The summed E-state index contributed by atoms with van der Waals surface area (Å²) < 4.78 is 30.6. The molecule has 0 bridgehead atoms. The van der Waals surface area contributed by atoms with Crippen LogP contribution >= 0.6 is 7.60 Å². The minimum absolute atomic E-state index is 0.0586. The van der Waals surface area contributed by atoms with Crippen LogP contribution in [0.3, 0.4) is 0 Å². The van der Waals surface area contributed by atoms with Crippen LogP contribution in [0.25, 0.3) is 0 Å². The molecule has 1 aromatic heterocycles. The molecule has 1 heterocycles. The van der Waals surface area contributed by atoms with E-state index in [1.165, 1.54) is 14.2 Å². The summed E-state index contributed by atoms with van der Waals surface area (Å²) in [5, 5.41) is -1.61. The number of rotatable bonds is 8. The minimum Gasteiger partial charge on any atom is -0.539 e. The first-order valence-electron chi connectivity index (χ1n) is 10.5. The lowest BCUT2D eigenvalue weighted by molar-refractivity contribution is 0.313. The van der Waals surface area contributed by atoms with Gasteiger partial charge in [-0.25, -0.2) is 0 Å². The summed E-state index contributed by atoms with van der Waals surface area (Å²) in [5.41, 5.74) is 1.12. The Morgan fingerprint density at radius 3 is 1.97 bits per heavy atom. The average molecular weight is 482 g/mol. The first kappa shape index (κ1) is 26.4. The Labute approximate surface area is 192 Å². The third-order valence-electron chi connectivity index (χ3n) is 6.84. The Balaban J connectivity index is 2.74. The molecule has 7 nitrogen and oxygen atoms in total. The monoisotopic (exact) mass is 481 g/mol. The maximum Gasteiger partial charge on any atom is 0.336 e. The van der Waals surface area contributed by atoms with Crippen molar-refractivity contribution in [3.05, 3.63) is 47.8 Å². The quantitative estimate of drug-likeness (QED) is 0.370. The molecule has 0 amide bonds. The molecule has 0 aliphatic heterocycles. The highest BCUT2D eigenvalue weighted by Crippen LogP contribution is 2.64. The predicted molar refractivity (Wildman–Crippen MR) is 129 cm³/mol. The van der Waals surface area contributed by atoms with Crippen LogP contribution in [0, 0.1) is 0 Å². The van der Waals surface area contributed by atoms with E-state index in [0.717, 1.165) is 5.56 Å². The van der Waals surface area contributed by atoms with Crippen LogP contribution in [0.15, 0.2) is 36.7 Å². The van der Waals surface area contributed by atoms with Crippen LogP contribution < -0.4 is 13.9 Å². The molecule has 2 aromatic rings. The number of hydrogen-bond donors (Lipinski definition) is 2. The van der Waals surface area contributed by atoms with E-state index in [2.05, 4.69) is 38.8 Å². The first-order chi connectivity index (χ1) is 14.6. The predicted octanol–water partition coefficient (Wildman–Crippen LogP) is 5.68. The van der Waals surface area contributed by atoms with Gasteiger partial charge in [-0.1, -0.05) is 33.8 Å². The summed E-state index contributed by atoms with van der Waals surface area (Å²) in [5.74, 6) is 0.663. The molecule has 2 atom stereocenters. The maximum atomic E-state index is 12.9. The van der Waals surface area contributed by atoms with Crippen LogP contribution in [0.4, 0.5) is 0 Å². The minimum atomic E-state index is -4.65. The zero-order valence-electron chi connectivity index (χ0n) is 20.5. The van der Waals surface area contributed by atoms with Crippen molar-refractivity contribution >= 4 is 15.9 Å². The molecule has 2 rings (SSSR count). The number of benzene rings is 1. The summed E-state index contributed by atoms with van der Waals surface area (Å²) >= 11 is 0. The molecule has 0 aliphatic carbocycles. The molecular formula is C23H36NO6PSi. The number of ether oxygens (including phenoxy) is 2. The van der Waals surface area contributed by atoms with Gasteiger partial charge in [0.2, 0.25) is 0 Å². The van der Waals surface area contributed by atoms with E-state index in [-0.39, 0.29) is 5.04 Å². The molecular weight excluding hydrogens is 445 g/mol. The van der Waals surface area contributed by atoms with Crippen molar-refractivity contribution in [2.45, 2.75) is 63.8 Å². The fraction of sp³-hybridized carbons (Fsp3) is 0.522. The van der Waals surface area contributed by atoms with Gasteiger partial charge in [-0.15, -0.1) is 0 Å². The molecule has 1 aromatic carbocycles. The Morgan fingerprint density at radius 1 is 1.06 bits per heavy atom. The highest BCUT2D eigenvalue weighted by atomic mass is 31.2. The largest absolute Gasteiger partial charge is 0.539 e. The fourth-order valence-corrected chi connectivity index (χ4v) is 5.44. The van der Waals surface area contributed by atoms with Gasteiger partial charge in [-0.05, 0) is 54.4 Å². The van der Waals surface area contributed by atoms with E-state index < -0.39 is 27.0 Å². The van der Waals surface area contributed by atoms with E-state index in [0.29, 0.717) is 22.8 Å². The molecule has 178 valence electrons. The lowest BCUT2D eigenvalue weighted by Crippen LogP contribution is -2.44. The smallest absolute Gasteiger partial charge is 0.336 e. The fourth-order valence-electron chi connectivity index (χ4n) is 3.31. The van der Waals surface area contributed by atoms with Gasteiger partial charge in [0.1, 0.15) is 5.16 Å². The number of aromatic nitrogens is 1. The third-order valence-corrected chi connectivity index (χ3v) is 13.0. The Hall–Kier alpha value is -1.86. The molecule has 0 saturated carbocycles. The lowest BCUT2D eigenvalue weighted by Gasteiger charge is -2.39. The van der Waals surface area contributed by atoms with Gasteiger partial charge < -0.3 is 23.7 Å². The lowest BCUT2D eigenvalue weighted by atomic mass is 9.83. The second kappa shape index (κ2) is 9.18. The van der Waals surface area contributed by atoms with E-state index in [4.69, 9.17) is 13.9 Å². The number of hydrogen-bond acceptors (Lipinski definition) is 5. The second-order valence-electron chi connectivity index (χ2n) is 9.77. The van der Waals surface area contributed by atoms with Crippen LogP contribution in [-0.4, -0.2) is 37.3 Å². The highest BCUT2D eigenvalue weighted by molar-refractivity contribution is 7.53. The Morgan fingerprint density at radius 2 is 1.59 bits per heavy atom. The molecule has 32 heavy (non-hydrogen) atoms. The Bertz CT molecular complexity index is 961. The van der Waals surface area contributed by atoms with Gasteiger partial charge in [0.15, 0.2) is 17.2 Å². The topological polar surface area (TPSA) is 98.1 Å². The summed E-state index contributed by atoms with van der Waals surface area (Å²) in [7, 11) is -3.86. The van der Waals surface area contributed by atoms with Crippen LogP contribution in [0.1, 0.15) is 51.7 Å². The first-order valence-corrected chi connectivity index (χ1v) is 15.0. The second-order valence-corrected chi connectivity index (χ2v) is 16.5. The van der Waals surface area contributed by atoms with E-state index in [1.54, 1.807) is 44.4 Å². The van der Waals surface area contributed by atoms with E-state index in [1.807, 2.05) is 6.07 Å². The van der Waals surface area contributed by atoms with Crippen LogP contribution in [-0.2, 0) is 9.72 Å². The molecule has 9 heteroatoms. The summed E-state index contributed by atoms with van der Waals surface area (Å²) in [6.45, 7) is 14.0. The summed E-state index contributed by atoms with van der Waals surface area (Å²) in [4.78, 5) is 25.1. The van der Waals surface area contributed by atoms with Gasteiger partial charge in [-0.3, -0.25) is 9.55 Å². The van der Waals surface area contributed by atoms with Crippen molar-refractivity contribution in [2.24, 2.45) is 0 Å². The average Bonchev–Trinajstić information content (AvgIpc) is 2.71. The van der Waals surface area contributed by atoms with Gasteiger partial charge in [-0.2, -0.15) is 0 Å². The molecule has 0 aliphatic rings.